The predicted octanol–water partition coefficient (Wildman–Crippen LogP) is 8.91. The summed E-state index contributed by atoms with van der Waals surface area (Å²) < 4.78 is 1.47. The summed E-state index contributed by atoms with van der Waals surface area (Å²) >= 11 is 2.47. The zero-order valence-corrected chi connectivity index (χ0v) is 22.5. The molecule has 30 heavy (non-hydrogen) atoms. The van der Waals surface area contributed by atoms with Gasteiger partial charge >= 0.3 is 0 Å². The molecule has 1 aromatic rings. The van der Waals surface area contributed by atoms with Crippen LogP contribution in [0.5, 0.6) is 0 Å². The maximum absolute atomic E-state index is 4.43. The number of aryl methyl sites for hydroxylation is 3. The molecule has 1 aliphatic carbocycles. The number of allylic oxidation sites excluding steroid dienone is 4. The van der Waals surface area contributed by atoms with Crippen molar-refractivity contribution >= 4 is 33.9 Å². The van der Waals surface area contributed by atoms with Crippen molar-refractivity contribution in [2.75, 3.05) is 7.05 Å². The van der Waals surface area contributed by atoms with Crippen LogP contribution in [0.1, 0.15) is 95.4 Å². The van der Waals surface area contributed by atoms with E-state index in [2.05, 4.69) is 93.4 Å². The predicted molar refractivity (Wildman–Crippen MR) is 144 cm³/mol. The van der Waals surface area contributed by atoms with Crippen LogP contribution in [0.4, 0.5) is 0 Å². The average Bonchev–Trinajstić information content (AvgIpc) is 2.69. The van der Waals surface area contributed by atoms with Gasteiger partial charge in [-0.2, -0.15) is 0 Å². The van der Waals surface area contributed by atoms with E-state index in [0.29, 0.717) is 11.3 Å². The van der Waals surface area contributed by atoms with E-state index in [1.165, 1.54) is 76.5 Å². The molecule has 0 N–H and O–H groups in total. The number of aliphatic imine (C=N–C) groups is 1. The van der Waals surface area contributed by atoms with Gasteiger partial charge in [-0.25, -0.2) is 0 Å². The lowest BCUT2D eigenvalue weighted by Crippen LogP contribution is -2.26. The highest BCUT2D eigenvalue weighted by molar-refractivity contribution is 14.1. The van der Waals surface area contributed by atoms with E-state index in [4.69, 9.17) is 0 Å². The molecule has 0 saturated heterocycles. The molecule has 166 valence electrons. The van der Waals surface area contributed by atoms with Gasteiger partial charge in [0, 0.05) is 12.8 Å². The van der Waals surface area contributed by atoms with E-state index in [1.54, 1.807) is 5.56 Å². The molecule has 1 aliphatic rings. The molecule has 2 heteroatoms. The molecule has 0 heterocycles. The average molecular weight is 520 g/mol. The Kier molecular flexibility index (Phi) is 9.84. The Hall–Kier alpha value is -0.900. The van der Waals surface area contributed by atoms with Crippen LogP contribution in [0.25, 0.3) is 5.57 Å². The summed E-state index contributed by atoms with van der Waals surface area (Å²) in [6.45, 7) is 14.0. The Labute approximate surface area is 199 Å². The zero-order chi connectivity index (χ0) is 22.3. The fourth-order valence-corrected chi connectivity index (χ4v) is 5.22. The Bertz CT molecular complexity index is 812. The van der Waals surface area contributed by atoms with E-state index in [9.17, 15) is 0 Å². The summed E-state index contributed by atoms with van der Waals surface area (Å²) in [6.07, 6.45) is 14.2. The molecular formula is C28H42IN. The summed E-state index contributed by atoms with van der Waals surface area (Å²) in [5, 5.41) is 0. The SMILES string of the molecule is CCCc1cc(CCCC(C)(CC(C)=NC)C(C)C)cc(C)c1C1=CC=C(I)CC1. The molecule has 0 amide bonds. The first-order valence-corrected chi connectivity index (χ1v) is 12.9. The quantitative estimate of drug-likeness (QED) is 0.216. The standard InChI is InChI=1S/C28H42IN/c1-8-10-25-18-23(11-9-16-28(6,20(2)3)19-22(5)30-7)17-21(4)27(25)24-12-14-26(29)15-13-24/h12,14,17-18,20H,8-11,13,15-16,19H2,1-7H3. The first kappa shape index (κ1) is 25.4. The smallest absolute Gasteiger partial charge is 0.0276 e. The summed E-state index contributed by atoms with van der Waals surface area (Å²) in [4.78, 5) is 4.43. The molecular weight excluding hydrogens is 477 g/mol. The summed E-state index contributed by atoms with van der Waals surface area (Å²) in [5.74, 6) is 0.669. The van der Waals surface area contributed by atoms with Crippen LogP contribution < -0.4 is 0 Å². The lowest BCUT2D eigenvalue weighted by Gasteiger charge is -2.34. The van der Waals surface area contributed by atoms with Gasteiger partial charge in [-0.05, 0) is 124 Å². The van der Waals surface area contributed by atoms with Crippen molar-refractivity contribution in [2.45, 2.75) is 92.9 Å². The maximum atomic E-state index is 4.43. The van der Waals surface area contributed by atoms with Gasteiger partial charge in [-0.15, -0.1) is 0 Å². The van der Waals surface area contributed by atoms with E-state index >= 15 is 0 Å². The van der Waals surface area contributed by atoms with Crippen LogP contribution in [0.3, 0.4) is 0 Å². The monoisotopic (exact) mass is 519 g/mol. The fraction of sp³-hybridized carbons (Fsp3) is 0.607. The number of hydrogen-bond donors (Lipinski definition) is 0. The van der Waals surface area contributed by atoms with Crippen molar-refractivity contribution in [1.29, 1.82) is 0 Å². The number of hydrogen-bond acceptors (Lipinski definition) is 1. The minimum atomic E-state index is 0.335. The molecule has 0 bridgehead atoms. The van der Waals surface area contributed by atoms with Crippen molar-refractivity contribution in [1.82, 2.24) is 0 Å². The Morgan fingerprint density at radius 1 is 1.17 bits per heavy atom. The molecule has 0 radical (unpaired) electrons. The van der Waals surface area contributed by atoms with Crippen LogP contribution in [0.2, 0.25) is 0 Å². The molecule has 0 aromatic heterocycles. The number of benzene rings is 1. The van der Waals surface area contributed by atoms with Crippen LogP contribution in [0, 0.1) is 18.3 Å². The minimum Gasteiger partial charge on any atom is -0.298 e. The van der Waals surface area contributed by atoms with Crippen molar-refractivity contribution in [3.63, 3.8) is 0 Å². The van der Waals surface area contributed by atoms with Gasteiger partial charge < -0.3 is 0 Å². The largest absolute Gasteiger partial charge is 0.298 e. The third kappa shape index (κ3) is 6.80. The molecule has 1 unspecified atom stereocenters. The molecule has 1 aromatic carbocycles. The van der Waals surface area contributed by atoms with E-state index in [-0.39, 0.29) is 0 Å². The minimum absolute atomic E-state index is 0.335. The Balaban J connectivity index is 2.19. The van der Waals surface area contributed by atoms with E-state index in [1.807, 2.05) is 7.05 Å². The van der Waals surface area contributed by atoms with Crippen LogP contribution in [-0.2, 0) is 12.8 Å². The Morgan fingerprint density at radius 2 is 1.90 bits per heavy atom. The highest BCUT2D eigenvalue weighted by atomic mass is 127. The number of rotatable bonds is 10. The van der Waals surface area contributed by atoms with Gasteiger partial charge in [0.05, 0.1) is 0 Å². The molecule has 1 atom stereocenters. The highest BCUT2D eigenvalue weighted by Crippen LogP contribution is 2.38. The van der Waals surface area contributed by atoms with Crippen LogP contribution in [0.15, 0.2) is 32.9 Å². The lowest BCUT2D eigenvalue weighted by molar-refractivity contribution is 0.204. The number of halogens is 1. The van der Waals surface area contributed by atoms with Crippen molar-refractivity contribution in [3.8, 4) is 0 Å². The molecule has 0 aliphatic heterocycles. The van der Waals surface area contributed by atoms with E-state index < -0.39 is 0 Å². The second-order valence-electron chi connectivity index (χ2n) is 9.80. The molecule has 2 rings (SSSR count). The van der Waals surface area contributed by atoms with Crippen LogP contribution >= 0.6 is 22.6 Å². The molecule has 0 fully saturated rings. The molecule has 0 spiro atoms. The summed E-state index contributed by atoms with van der Waals surface area (Å²) in [6, 6.07) is 4.98. The zero-order valence-electron chi connectivity index (χ0n) is 20.4. The third-order valence-electron chi connectivity index (χ3n) is 7.06. The molecule has 1 nitrogen and oxygen atoms in total. The third-order valence-corrected chi connectivity index (χ3v) is 7.96. The van der Waals surface area contributed by atoms with Gasteiger partial charge in [0.2, 0.25) is 0 Å². The van der Waals surface area contributed by atoms with Crippen LogP contribution in [-0.4, -0.2) is 12.8 Å². The second kappa shape index (κ2) is 11.6. The summed E-state index contributed by atoms with van der Waals surface area (Å²) in [7, 11) is 1.92. The van der Waals surface area contributed by atoms with Gasteiger partial charge in [0.25, 0.3) is 0 Å². The topological polar surface area (TPSA) is 12.4 Å². The maximum Gasteiger partial charge on any atom is 0.0276 e. The highest BCUT2D eigenvalue weighted by Gasteiger charge is 2.28. The van der Waals surface area contributed by atoms with Gasteiger partial charge in [0.1, 0.15) is 0 Å². The number of nitrogens with zero attached hydrogens (tertiary/aromatic N) is 1. The first-order valence-electron chi connectivity index (χ1n) is 11.8. The Morgan fingerprint density at radius 3 is 2.47 bits per heavy atom. The lowest BCUT2D eigenvalue weighted by atomic mass is 9.71. The van der Waals surface area contributed by atoms with E-state index in [0.717, 1.165) is 6.42 Å². The first-order chi connectivity index (χ1) is 14.2. The van der Waals surface area contributed by atoms with Crippen molar-refractivity contribution in [3.05, 3.63) is 50.1 Å². The molecule has 0 saturated carbocycles. The van der Waals surface area contributed by atoms with Crippen molar-refractivity contribution < 1.29 is 0 Å². The van der Waals surface area contributed by atoms with Gasteiger partial charge in [-0.1, -0.05) is 58.4 Å². The van der Waals surface area contributed by atoms with Gasteiger partial charge in [-0.3, -0.25) is 4.99 Å². The van der Waals surface area contributed by atoms with Crippen molar-refractivity contribution in [2.24, 2.45) is 16.3 Å². The van der Waals surface area contributed by atoms with Gasteiger partial charge in [0.15, 0.2) is 0 Å². The fourth-order valence-electron chi connectivity index (χ4n) is 4.77. The normalized spacial score (nSPS) is 17.0. The second-order valence-corrected chi connectivity index (χ2v) is 11.2. The summed E-state index contributed by atoms with van der Waals surface area (Å²) in [5.41, 5.74) is 9.22.